The Labute approximate surface area is 137 Å². The van der Waals surface area contributed by atoms with Crippen molar-refractivity contribution in [3.05, 3.63) is 79.4 Å². The summed E-state index contributed by atoms with van der Waals surface area (Å²) in [6.07, 6.45) is 2.06. The van der Waals surface area contributed by atoms with Crippen LogP contribution in [-0.2, 0) is 6.42 Å². The van der Waals surface area contributed by atoms with Gasteiger partial charge in [0.15, 0.2) is 0 Å². The summed E-state index contributed by atoms with van der Waals surface area (Å²) in [5.41, 5.74) is 1.85. The smallest absolute Gasteiger partial charge is 0.258 e. The van der Waals surface area contributed by atoms with Gasteiger partial charge in [0, 0.05) is 23.8 Å². The highest BCUT2D eigenvalue weighted by atomic mass is 16.6. The van der Waals surface area contributed by atoms with Crippen LogP contribution in [0.5, 0.6) is 0 Å². The number of hydrogen-bond donors (Lipinski definition) is 0. The molecule has 0 N–H and O–H groups in total. The fourth-order valence-corrected chi connectivity index (χ4v) is 2.25. The fourth-order valence-electron chi connectivity index (χ4n) is 2.25. The van der Waals surface area contributed by atoms with Gasteiger partial charge in [-0.2, -0.15) is 5.26 Å². The van der Waals surface area contributed by atoms with Gasteiger partial charge in [-0.3, -0.25) is 20.2 Å². The van der Waals surface area contributed by atoms with E-state index >= 15 is 0 Å². The second-order valence-corrected chi connectivity index (χ2v) is 4.97. The Bertz CT molecular complexity index is 864. The number of nitro groups is 2. The van der Waals surface area contributed by atoms with E-state index in [9.17, 15) is 25.5 Å². The number of benzene rings is 2. The number of aryl methyl sites for hydroxylation is 1. The summed E-state index contributed by atoms with van der Waals surface area (Å²) in [6, 6.07) is 12.4. The van der Waals surface area contributed by atoms with Gasteiger partial charge in [0.2, 0.25) is 0 Å². The van der Waals surface area contributed by atoms with Crippen LogP contribution in [0.4, 0.5) is 11.4 Å². The molecule has 0 bridgehead atoms. The summed E-state index contributed by atoms with van der Waals surface area (Å²) >= 11 is 0. The first kappa shape index (κ1) is 16.8. The van der Waals surface area contributed by atoms with Gasteiger partial charge >= 0.3 is 0 Å². The third kappa shape index (κ3) is 3.62. The van der Waals surface area contributed by atoms with Crippen molar-refractivity contribution in [2.24, 2.45) is 0 Å². The van der Waals surface area contributed by atoms with Crippen molar-refractivity contribution in [2.45, 2.75) is 13.3 Å². The van der Waals surface area contributed by atoms with Crippen LogP contribution in [0.15, 0.2) is 42.5 Å². The average Bonchev–Trinajstić information content (AvgIpc) is 2.59. The maximum atomic E-state index is 11.1. The van der Waals surface area contributed by atoms with Crippen LogP contribution in [0.3, 0.4) is 0 Å². The van der Waals surface area contributed by atoms with E-state index in [0.717, 1.165) is 0 Å². The Hall–Kier alpha value is -3.53. The quantitative estimate of drug-likeness (QED) is 0.355. The van der Waals surface area contributed by atoms with Gasteiger partial charge in [0.1, 0.15) is 0 Å². The Kier molecular flexibility index (Phi) is 5.02. The fraction of sp³-hybridized carbons (Fsp3) is 0.118. The molecule has 24 heavy (non-hydrogen) atoms. The van der Waals surface area contributed by atoms with Crippen molar-refractivity contribution in [3.8, 4) is 6.07 Å². The predicted molar refractivity (Wildman–Crippen MR) is 89.1 cm³/mol. The van der Waals surface area contributed by atoms with Crippen LogP contribution >= 0.6 is 0 Å². The monoisotopic (exact) mass is 323 g/mol. The van der Waals surface area contributed by atoms with Crippen LogP contribution in [0.1, 0.15) is 23.6 Å². The van der Waals surface area contributed by atoms with Gasteiger partial charge < -0.3 is 0 Å². The second kappa shape index (κ2) is 7.15. The maximum absolute atomic E-state index is 11.1. The largest absolute Gasteiger partial charge is 0.273 e. The summed E-state index contributed by atoms with van der Waals surface area (Å²) in [5, 5.41) is 31.1. The molecule has 0 radical (unpaired) electrons. The highest BCUT2D eigenvalue weighted by Crippen LogP contribution is 2.25. The third-order valence-corrected chi connectivity index (χ3v) is 3.51. The van der Waals surface area contributed by atoms with Gasteiger partial charge in [-0.15, -0.1) is 0 Å². The zero-order valence-electron chi connectivity index (χ0n) is 12.8. The molecule has 7 nitrogen and oxygen atoms in total. The molecule has 0 saturated heterocycles. The van der Waals surface area contributed by atoms with E-state index in [1.54, 1.807) is 12.1 Å². The van der Waals surface area contributed by atoms with Crippen LogP contribution < -0.4 is 0 Å². The number of allylic oxidation sites excluding steroid dienone is 1. The average molecular weight is 323 g/mol. The predicted octanol–water partition coefficient (Wildman–Crippen LogP) is 4.13. The van der Waals surface area contributed by atoms with Crippen molar-refractivity contribution in [2.75, 3.05) is 0 Å². The third-order valence-electron chi connectivity index (χ3n) is 3.51. The highest BCUT2D eigenvalue weighted by molar-refractivity contribution is 5.90. The molecule has 0 atom stereocenters. The standard InChI is InChI=1S/C17H13N3O4/c1-2-13-4-3-12(10-17(13)20(23)24)9-15(11-18)14-5-7-16(8-6-14)19(21)22/h3-10H,2H2,1H3/b15-9+. The van der Waals surface area contributed by atoms with E-state index < -0.39 is 9.85 Å². The molecular formula is C17H13N3O4. The first-order valence-corrected chi connectivity index (χ1v) is 7.10. The summed E-state index contributed by atoms with van der Waals surface area (Å²) < 4.78 is 0. The molecule has 0 aliphatic heterocycles. The minimum absolute atomic E-state index is 0.00670. The molecule has 0 saturated carbocycles. The summed E-state index contributed by atoms with van der Waals surface area (Å²) in [7, 11) is 0. The molecule has 2 aromatic carbocycles. The topological polar surface area (TPSA) is 110 Å². The van der Waals surface area contributed by atoms with Gasteiger partial charge in [-0.25, -0.2) is 0 Å². The van der Waals surface area contributed by atoms with Crippen molar-refractivity contribution < 1.29 is 9.85 Å². The lowest BCUT2D eigenvalue weighted by molar-refractivity contribution is -0.385. The highest BCUT2D eigenvalue weighted by Gasteiger charge is 2.13. The Morgan fingerprint density at radius 2 is 1.79 bits per heavy atom. The Morgan fingerprint density at radius 1 is 1.12 bits per heavy atom. The normalized spacial score (nSPS) is 10.9. The SMILES string of the molecule is CCc1ccc(/C=C(\C#N)c2ccc([N+](=O)[O-])cc2)cc1[N+](=O)[O-]. The molecule has 2 aromatic rings. The van der Waals surface area contributed by atoms with E-state index in [0.29, 0.717) is 23.1 Å². The molecule has 0 unspecified atom stereocenters. The van der Waals surface area contributed by atoms with Crippen LogP contribution in [0.25, 0.3) is 11.6 Å². The molecule has 0 spiro atoms. The van der Waals surface area contributed by atoms with E-state index in [2.05, 4.69) is 0 Å². The van der Waals surface area contributed by atoms with E-state index in [4.69, 9.17) is 0 Å². The molecule has 7 heteroatoms. The Balaban J connectivity index is 2.44. The zero-order valence-corrected chi connectivity index (χ0v) is 12.8. The lowest BCUT2D eigenvalue weighted by Crippen LogP contribution is -1.95. The van der Waals surface area contributed by atoms with E-state index in [-0.39, 0.29) is 16.9 Å². The first-order valence-electron chi connectivity index (χ1n) is 7.10. The summed E-state index contributed by atoms with van der Waals surface area (Å²) in [4.78, 5) is 20.8. The molecule has 0 heterocycles. The van der Waals surface area contributed by atoms with Crippen molar-refractivity contribution >= 4 is 23.0 Å². The first-order chi connectivity index (χ1) is 11.5. The molecule has 2 rings (SSSR count). The maximum Gasteiger partial charge on any atom is 0.273 e. The van der Waals surface area contributed by atoms with Gasteiger partial charge in [-0.1, -0.05) is 19.1 Å². The van der Waals surface area contributed by atoms with Gasteiger partial charge in [-0.05, 0) is 35.8 Å². The minimum Gasteiger partial charge on any atom is -0.258 e. The summed E-state index contributed by atoms with van der Waals surface area (Å²) in [6.45, 7) is 1.83. The molecule has 0 amide bonds. The van der Waals surface area contributed by atoms with E-state index in [1.807, 2.05) is 13.0 Å². The van der Waals surface area contributed by atoms with Gasteiger partial charge in [0.25, 0.3) is 11.4 Å². The number of hydrogen-bond acceptors (Lipinski definition) is 5. The van der Waals surface area contributed by atoms with E-state index in [1.165, 1.54) is 36.4 Å². The number of nitriles is 1. The number of nitrogens with zero attached hydrogens (tertiary/aromatic N) is 3. The van der Waals surface area contributed by atoms with Crippen LogP contribution in [0, 0.1) is 31.6 Å². The van der Waals surface area contributed by atoms with Crippen LogP contribution in [-0.4, -0.2) is 9.85 Å². The minimum atomic E-state index is -0.521. The lowest BCUT2D eigenvalue weighted by Gasteiger charge is -2.03. The summed E-state index contributed by atoms with van der Waals surface area (Å²) in [5.74, 6) is 0. The zero-order chi connectivity index (χ0) is 17.7. The van der Waals surface area contributed by atoms with Gasteiger partial charge in [0.05, 0.1) is 21.5 Å². The molecular weight excluding hydrogens is 310 g/mol. The number of non-ortho nitro benzene ring substituents is 1. The molecule has 0 fully saturated rings. The van der Waals surface area contributed by atoms with Crippen molar-refractivity contribution in [3.63, 3.8) is 0 Å². The molecule has 0 aliphatic carbocycles. The number of rotatable bonds is 5. The lowest BCUT2D eigenvalue weighted by atomic mass is 10.0. The molecule has 0 aromatic heterocycles. The van der Waals surface area contributed by atoms with Crippen molar-refractivity contribution in [1.29, 1.82) is 5.26 Å². The second-order valence-electron chi connectivity index (χ2n) is 4.97. The molecule has 120 valence electrons. The Morgan fingerprint density at radius 3 is 2.29 bits per heavy atom. The van der Waals surface area contributed by atoms with Crippen molar-refractivity contribution in [1.82, 2.24) is 0 Å². The van der Waals surface area contributed by atoms with Crippen LogP contribution in [0.2, 0.25) is 0 Å². The molecule has 0 aliphatic rings. The number of nitro benzene ring substituents is 2.